The number of ether oxygens (including phenoxy) is 1. The van der Waals surface area contributed by atoms with E-state index in [9.17, 15) is 4.79 Å². The number of carbonyl (C=O) groups excluding carboxylic acids is 1. The molecule has 1 aliphatic heterocycles. The maximum Gasteiger partial charge on any atom is 0.230 e. The predicted molar refractivity (Wildman–Crippen MR) is 108 cm³/mol. The van der Waals surface area contributed by atoms with Gasteiger partial charge in [-0.15, -0.1) is 11.8 Å². The minimum absolute atomic E-state index is 0.00553. The van der Waals surface area contributed by atoms with Gasteiger partial charge in [0.1, 0.15) is 11.4 Å². The molecule has 1 N–H and O–H groups in total. The molecular weight excluding hydrogens is 342 g/mol. The van der Waals surface area contributed by atoms with Gasteiger partial charge in [0.15, 0.2) is 0 Å². The SMILES string of the molecule is CCC1(CC)C[C@@H](NC(=O)CSc2ccc(C)cc2)c2ccccc2O1. The summed E-state index contributed by atoms with van der Waals surface area (Å²) in [5.74, 6) is 1.39. The molecule has 2 aromatic rings. The molecule has 0 aromatic heterocycles. The first-order valence-electron chi connectivity index (χ1n) is 9.32. The molecule has 0 fully saturated rings. The van der Waals surface area contributed by atoms with Crippen molar-refractivity contribution >= 4 is 17.7 Å². The summed E-state index contributed by atoms with van der Waals surface area (Å²) in [6, 6.07) is 16.4. The fourth-order valence-corrected chi connectivity index (χ4v) is 4.16. The number of hydrogen-bond acceptors (Lipinski definition) is 3. The van der Waals surface area contributed by atoms with Crippen molar-refractivity contribution in [2.24, 2.45) is 0 Å². The topological polar surface area (TPSA) is 38.3 Å². The second-order valence-corrected chi connectivity index (χ2v) is 8.00. The van der Waals surface area contributed by atoms with Crippen LogP contribution in [0.2, 0.25) is 0 Å². The monoisotopic (exact) mass is 369 g/mol. The van der Waals surface area contributed by atoms with Crippen LogP contribution < -0.4 is 10.1 Å². The Morgan fingerprint density at radius 2 is 1.85 bits per heavy atom. The highest BCUT2D eigenvalue weighted by molar-refractivity contribution is 8.00. The first kappa shape index (κ1) is 18.8. The molecule has 0 bridgehead atoms. The number of hydrogen-bond donors (Lipinski definition) is 1. The molecule has 4 heteroatoms. The summed E-state index contributed by atoms with van der Waals surface area (Å²) >= 11 is 1.58. The largest absolute Gasteiger partial charge is 0.487 e. The zero-order chi connectivity index (χ0) is 18.6. The van der Waals surface area contributed by atoms with Crippen LogP contribution >= 0.6 is 11.8 Å². The van der Waals surface area contributed by atoms with Crippen molar-refractivity contribution in [3.05, 3.63) is 59.7 Å². The minimum Gasteiger partial charge on any atom is -0.487 e. The van der Waals surface area contributed by atoms with E-state index in [0.717, 1.165) is 35.5 Å². The molecule has 0 saturated carbocycles. The molecule has 0 saturated heterocycles. The summed E-state index contributed by atoms with van der Waals surface area (Å²) in [6.07, 6.45) is 2.68. The Morgan fingerprint density at radius 1 is 1.15 bits per heavy atom. The number of carbonyl (C=O) groups is 1. The molecule has 138 valence electrons. The average Bonchev–Trinajstić information content (AvgIpc) is 2.67. The molecule has 0 aliphatic carbocycles. The van der Waals surface area contributed by atoms with Crippen molar-refractivity contribution in [2.75, 3.05) is 5.75 Å². The van der Waals surface area contributed by atoms with Crippen molar-refractivity contribution in [1.29, 1.82) is 0 Å². The third-order valence-corrected chi connectivity index (χ3v) is 6.22. The van der Waals surface area contributed by atoms with Gasteiger partial charge < -0.3 is 10.1 Å². The van der Waals surface area contributed by atoms with Gasteiger partial charge in [-0.3, -0.25) is 4.79 Å². The van der Waals surface area contributed by atoms with Crippen molar-refractivity contribution in [2.45, 2.75) is 56.6 Å². The van der Waals surface area contributed by atoms with Gasteiger partial charge in [-0.25, -0.2) is 0 Å². The lowest BCUT2D eigenvalue weighted by Crippen LogP contribution is -2.44. The highest BCUT2D eigenvalue weighted by Crippen LogP contribution is 2.42. The van der Waals surface area contributed by atoms with Crippen LogP contribution in [-0.4, -0.2) is 17.3 Å². The van der Waals surface area contributed by atoms with Gasteiger partial charge in [-0.2, -0.15) is 0 Å². The zero-order valence-corrected chi connectivity index (χ0v) is 16.6. The highest BCUT2D eigenvalue weighted by atomic mass is 32.2. The maximum absolute atomic E-state index is 12.6. The number of fused-ring (bicyclic) bond motifs is 1. The van der Waals surface area contributed by atoms with Crippen molar-refractivity contribution < 1.29 is 9.53 Å². The van der Waals surface area contributed by atoms with Gasteiger partial charge in [-0.05, 0) is 38.0 Å². The summed E-state index contributed by atoms with van der Waals surface area (Å²) < 4.78 is 6.31. The van der Waals surface area contributed by atoms with E-state index in [1.165, 1.54) is 5.56 Å². The van der Waals surface area contributed by atoms with Gasteiger partial charge in [-0.1, -0.05) is 49.7 Å². The van der Waals surface area contributed by atoms with Gasteiger partial charge in [0.25, 0.3) is 0 Å². The molecular formula is C22H27NO2S. The summed E-state index contributed by atoms with van der Waals surface area (Å²) in [5.41, 5.74) is 2.11. The molecule has 26 heavy (non-hydrogen) atoms. The lowest BCUT2D eigenvalue weighted by molar-refractivity contribution is -0.120. The Hall–Kier alpha value is -1.94. The molecule has 1 atom stereocenters. The molecule has 0 unspecified atom stereocenters. The predicted octanol–water partition coefficient (Wildman–Crippen LogP) is 5.29. The van der Waals surface area contributed by atoms with Crippen LogP contribution in [0.1, 0.15) is 50.3 Å². The molecule has 3 nitrogen and oxygen atoms in total. The third-order valence-electron chi connectivity index (χ3n) is 5.21. The fraction of sp³-hybridized carbons (Fsp3) is 0.409. The van der Waals surface area contributed by atoms with Crippen LogP contribution in [-0.2, 0) is 4.79 Å². The van der Waals surface area contributed by atoms with E-state index < -0.39 is 0 Å². The Morgan fingerprint density at radius 3 is 2.54 bits per heavy atom. The third kappa shape index (κ3) is 4.24. The molecule has 1 amide bonds. The Bertz CT molecular complexity index is 753. The van der Waals surface area contributed by atoms with Crippen LogP contribution in [0.5, 0.6) is 5.75 Å². The minimum atomic E-state index is -0.198. The second-order valence-electron chi connectivity index (χ2n) is 6.96. The first-order chi connectivity index (χ1) is 12.5. The number of nitrogens with one attached hydrogen (secondary N) is 1. The van der Waals surface area contributed by atoms with Crippen LogP contribution in [0.25, 0.3) is 0 Å². The molecule has 3 rings (SSSR count). The Kier molecular flexibility index (Phi) is 5.92. The lowest BCUT2D eigenvalue weighted by atomic mass is 9.83. The first-order valence-corrected chi connectivity index (χ1v) is 10.3. The number of rotatable bonds is 6. The normalized spacial score (nSPS) is 17.9. The maximum atomic E-state index is 12.6. The summed E-state index contributed by atoms with van der Waals surface area (Å²) in [5, 5.41) is 3.24. The summed E-state index contributed by atoms with van der Waals surface area (Å²) in [6.45, 7) is 6.38. The zero-order valence-electron chi connectivity index (χ0n) is 15.7. The molecule has 0 radical (unpaired) electrons. The molecule has 1 heterocycles. The summed E-state index contributed by atoms with van der Waals surface area (Å²) in [7, 11) is 0. The van der Waals surface area contributed by atoms with Crippen LogP contribution in [0.3, 0.4) is 0 Å². The average molecular weight is 370 g/mol. The van der Waals surface area contributed by atoms with E-state index in [-0.39, 0.29) is 17.6 Å². The van der Waals surface area contributed by atoms with Gasteiger partial charge in [0.2, 0.25) is 5.91 Å². The standard InChI is InChI=1S/C22H27NO2S/c1-4-22(5-2)14-19(18-8-6-7-9-20(18)25-22)23-21(24)15-26-17-12-10-16(3)11-13-17/h6-13,19H,4-5,14-15H2,1-3H3,(H,23,24)/t19-/m1/s1. The fourth-order valence-electron chi connectivity index (χ4n) is 3.45. The Balaban J connectivity index is 1.69. The van der Waals surface area contributed by atoms with E-state index in [0.29, 0.717) is 5.75 Å². The van der Waals surface area contributed by atoms with Crippen LogP contribution in [0.15, 0.2) is 53.4 Å². The highest BCUT2D eigenvalue weighted by Gasteiger charge is 2.38. The van der Waals surface area contributed by atoms with Crippen molar-refractivity contribution in [3.63, 3.8) is 0 Å². The number of thioether (sulfide) groups is 1. The van der Waals surface area contributed by atoms with E-state index in [2.05, 4.69) is 56.4 Å². The molecule has 1 aliphatic rings. The van der Waals surface area contributed by atoms with E-state index in [1.807, 2.05) is 18.2 Å². The summed E-state index contributed by atoms with van der Waals surface area (Å²) in [4.78, 5) is 13.7. The second kappa shape index (κ2) is 8.17. The van der Waals surface area contributed by atoms with Gasteiger partial charge in [0, 0.05) is 16.9 Å². The molecule has 2 aromatic carbocycles. The van der Waals surface area contributed by atoms with Crippen LogP contribution in [0, 0.1) is 6.92 Å². The van der Waals surface area contributed by atoms with Crippen molar-refractivity contribution in [1.82, 2.24) is 5.32 Å². The van der Waals surface area contributed by atoms with Gasteiger partial charge >= 0.3 is 0 Å². The number of amides is 1. The van der Waals surface area contributed by atoms with E-state index in [4.69, 9.17) is 4.74 Å². The number of benzene rings is 2. The van der Waals surface area contributed by atoms with E-state index in [1.54, 1.807) is 11.8 Å². The van der Waals surface area contributed by atoms with Crippen molar-refractivity contribution in [3.8, 4) is 5.75 Å². The smallest absolute Gasteiger partial charge is 0.230 e. The molecule has 0 spiro atoms. The lowest BCUT2D eigenvalue weighted by Gasteiger charge is -2.41. The quantitative estimate of drug-likeness (QED) is 0.704. The van der Waals surface area contributed by atoms with Gasteiger partial charge in [0.05, 0.1) is 11.8 Å². The van der Waals surface area contributed by atoms with E-state index >= 15 is 0 Å². The van der Waals surface area contributed by atoms with Crippen LogP contribution in [0.4, 0.5) is 0 Å². The number of aryl methyl sites for hydroxylation is 1. The Labute approximate surface area is 160 Å². The number of para-hydroxylation sites is 1.